The van der Waals surface area contributed by atoms with Crippen LogP contribution in [0.2, 0.25) is 0 Å². The SMILES string of the molecule is CC.CC.CCN(c1ccc(N=C2C=C(Nc3ccc(N(CC)C(C)C)cc3)C(=O)C=C2N)cc1)C(C)C.CNC1=CC(=O)C(Cc2ccc(N)cc2)=CC1=Nc1ccc(N)cc1.CNC1=CC(=O)C(Nc2ccc(N)cc2)=CC1=Nc1ccc(N)cc1.Cc1c(N)ccc(N=C2C=C(Nc3ccc(N)c(C)c3C)C(=O)C=C2N2CCOCC2)c1C. The van der Waals surface area contributed by atoms with Gasteiger partial charge in [0.15, 0.2) is 5.78 Å². The van der Waals surface area contributed by atoms with Crippen LogP contribution < -0.4 is 76.5 Å². The second-order valence-electron chi connectivity index (χ2n) is 28.9. The highest BCUT2D eigenvalue weighted by Crippen LogP contribution is 2.33. The van der Waals surface area contributed by atoms with Gasteiger partial charge in [-0.15, -0.1) is 0 Å². The number of aliphatic imine (C=N–C) groups is 4. The summed E-state index contributed by atoms with van der Waals surface area (Å²) in [6.07, 6.45) is 13.9. The summed E-state index contributed by atoms with van der Waals surface area (Å²) in [5.74, 6) is -0.395. The van der Waals surface area contributed by atoms with Crippen molar-refractivity contribution in [2.75, 3.05) is 114 Å². The number of morpholine rings is 1. The maximum Gasteiger partial charge on any atom is 0.204 e. The second-order valence-corrected chi connectivity index (χ2v) is 28.9. The molecule has 0 spiro atoms. The zero-order valence-electron chi connectivity index (χ0n) is 72.6. The van der Waals surface area contributed by atoms with E-state index in [1.54, 1.807) is 74.8 Å². The minimum absolute atomic E-state index is 0.0163. The number of benzene rings is 8. The summed E-state index contributed by atoms with van der Waals surface area (Å²) in [5, 5.41) is 15.7. The molecule has 4 aliphatic carbocycles. The van der Waals surface area contributed by atoms with Gasteiger partial charge in [0.1, 0.15) is 0 Å². The second kappa shape index (κ2) is 44.5. The molecule has 8 aromatic rings. The molecular weight excluding hydrogens is 1510 g/mol. The number of hydrogen-bond donors (Lipinski definition) is 12. The number of nitrogen functional groups attached to an aromatic ring is 6. The fourth-order valence-corrected chi connectivity index (χ4v) is 13.2. The van der Waals surface area contributed by atoms with E-state index < -0.39 is 0 Å². The van der Waals surface area contributed by atoms with Crippen molar-refractivity contribution in [3.8, 4) is 0 Å². The highest BCUT2D eigenvalue weighted by molar-refractivity contribution is 6.26. The lowest BCUT2D eigenvalue weighted by Crippen LogP contribution is -2.39. The predicted octanol–water partition coefficient (Wildman–Crippen LogP) is 17.0. The van der Waals surface area contributed by atoms with Crippen molar-refractivity contribution in [3.05, 3.63) is 292 Å². The van der Waals surface area contributed by atoms with Gasteiger partial charge >= 0.3 is 0 Å². The van der Waals surface area contributed by atoms with Crippen LogP contribution in [0.4, 0.5) is 85.3 Å². The molecule has 0 radical (unpaired) electrons. The Labute approximate surface area is 713 Å². The fraction of sp³-hybridized carbons (Fsp3) is 0.258. The van der Waals surface area contributed by atoms with E-state index >= 15 is 0 Å². The molecule has 1 aliphatic heterocycles. The Morgan fingerprint density at radius 1 is 0.397 bits per heavy atom. The van der Waals surface area contributed by atoms with Crippen molar-refractivity contribution in [3.63, 3.8) is 0 Å². The maximum absolute atomic E-state index is 13.1. The van der Waals surface area contributed by atoms with Crippen molar-refractivity contribution in [2.45, 2.75) is 115 Å². The summed E-state index contributed by atoms with van der Waals surface area (Å²) < 4.78 is 5.51. The molecule has 0 unspecified atom stereocenters. The molecule has 0 amide bonds. The molecule has 8 aromatic carbocycles. The lowest BCUT2D eigenvalue weighted by Gasteiger charge is -2.32. The number of nitrogens with zero attached hydrogens (tertiary/aromatic N) is 7. The Morgan fingerprint density at radius 2 is 0.785 bits per heavy atom. The number of hydrogen-bond acceptors (Lipinski definition) is 24. The highest BCUT2D eigenvalue weighted by atomic mass is 16.5. The number of anilines is 11. The van der Waals surface area contributed by atoms with Gasteiger partial charge in [-0.3, -0.25) is 19.2 Å². The zero-order valence-corrected chi connectivity index (χ0v) is 72.6. The molecule has 0 atom stereocenters. The predicted molar refractivity (Wildman–Crippen MR) is 508 cm³/mol. The number of rotatable bonds is 21. The van der Waals surface area contributed by atoms with Crippen LogP contribution in [0.25, 0.3) is 0 Å². The summed E-state index contributed by atoms with van der Waals surface area (Å²) in [5.41, 5.74) is 65.5. The molecule has 632 valence electrons. The van der Waals surface area contributed by atoms with E-state index in [0.29, 0.717) is 119 Å². The van der Waals surface area contributed by atoms with Crippen LogP contribution in [-0.2, 0) is 30.3 Å². The van der Waals surface area contributed by atoms with E-state index in [4.69, 9.17) is 54.9 Å². The van der Waals surface area contributed by atoms with E-state index in [-0.39, 0.29) is 23.1 Å². The Morgan fingerprint density at radius 3 is 1.27 bits per heavy atom. The molecule has 0 saturated carbocycles. The third-order valence-electron chi connectivity index (χ3n) is 20.2. The standard InChI is InChI=1S/C28H37N5O.C26H31N5O2.C20H20N4O.C19H19N5O.2C2H6/c1-7-32(19(3)4)23-13-9-21(10-14-23)30-26-18-27(28(34)17-25(26)29)31-22-11-15-24(16-12-22)33(8-2)20(5)6;1-15-17(3)21(7-5-19(15)27)29-23-13-24(30-22-8-6-20(28)16(2)18(22)4)26(32)14-25(23)31-9-11-33-12-10-31;1-23-18-12-20(25)14(10-13-2-4-15(21)5-3-13)11-19(18)24-17-8-6-16(22)7-9-17;1-22-16-11-19(25)18(24-15-8-4-13(21)5-9-15)10-17(16)23-14-6-2-12(20)3-7-14;2*1-2/h9-20,31H,7-8,29H2,1-6H3;5-8,13-14,30H,9-12,27-28H2,1-4H3;2-9,11-12,23H,10,21-22H2,1H3;2-11,22,24H,20-21H2,1H3;2*1-2H3. The van der Waals surface area contributed by atoms with Gasteiger partial charge in [0.05, 0.1) is 98.7 Å². The van der Waals surface area contributed by atoms with Gasteiger partial charge in [-0.2, -0.15) is 0 Å². The molecule has 1 heterocycles. The number of ether oxygens (including phenoxy) is 1. The first-order valence-electron chi connectivity index (χ1n) is 41.0. The van der Waals surface area contributed by atoms with Crippen LogP contribution in [0.15, 0.2) is 284 Å². The van der Waals surface area contributed by atoms with Gasteiger partial charge in [0.25, 0.3) is 0 Å². The number of carbonyl (C=O) groups is 4. The lowest BCUT2D eigenvalue weighted by molar-refractivity contribution is -0.112. The Balaban J connectivity index is 0.000000199. The molecule has 19 N–H and O–H groups in total. The lowest BCUT2D eigenvalue weighted by atomic mass is 9.94. The molecular formula is C97H119N19O5. The molecule has 24 nitrogen and oxygen atoms in total. The first-order valence-corrected chi connectivity index (χ1v) is 41.0. The minimum Gasteiger partial charge on any atom is -0.399 e. The first-order chi connectivity index (χ1) is 58.1. The van der Waals surface area contributed by atoms with Gasteiger partial charge in [-0.05, 0) is 279 Å². The topological polar surface area (TPSA) is 379 Å². The van der Waals surface area contributed by atoms with Crippen molar-refractivity contribution in [2.24, 2.45) is 25.7 Å². The molecule has 1 saturated heterocycles. The average Bonchev–Trinajstić information content (AvgIpc) is 0.800. The largest absolute Gasteiger partial charge is 0.399 e. The number of ketones is 4. The van der Waals surface area contributed by atoms with Gasteiger partial charge < -0.3 is 86.2 Å². The average molecular weight is 1630 g/mol. The third-order valence-corrected chi connectivity index (χ3v) is 20.2. The molecule has 0 aromatic heterocycles. The number of nitrogens with two attached hydrogens (primary N) is 7. The maximum atomic E-state index is 13.1. The van der Waals surface area contributed by atoms with E-state index in [1.165, 1.54) is 12.2 Å². The normalized spacial score (nSPS) is 15.6. The van der Waals surface area contributed by atoms with Crippen LogP contribution >= 0.6 is 0 Å². The van der Waals surface area contributed by atoms with E-state index in [2.05, 4.69) is 117 Å². The summed E-state index contributed by atoms with van der Waals surface area (Å²) in [4.78, 5) is 76.1. The van der Waals surface area contributed by atoms with Crippen LogP contribution in [0.5, 0.6) is 0 Å². The molecule has 0 bridgehead atoms. The number of nitrogens with one attached hydrogen (secondary N) is 5. The first kappa shape index (κ1) is 92.5. The number of allylic oxidation sites excluding steroid dienone is 9. The third kappa shape index (κ3) is 25.5. The summed E-state index contributed by atoms with van der Waals surface area (Å²) in [6.45, 7) is 33.5. The van der Waals surface area contributed by atoms with Crippen LogP contribution in [0.3, 0.4) is 0 Å². The molecule has 24 heteroatoms. The van der Waals surface area contributed by atoms with Crippen molar-refractivity contribution < 1.29 is 23.9 Å². The van der Waals surface area contributed by atoms with E-state index in [0.717, 1.165) is 121 Å². The summed E-state index contributed by atoms with van der Waals surface area (Å²) in [7, 11) is 3.53. The van der Waals surface area contributed by atoms with Crippen molar-refractivity contribution in [1.82, 2.24) is 15.5 Å². The van der Waals surface area contributed by atoms with Crippen molar-refractivity contribution >= 4 is 131 Å². The Kier molecular flexibility index (Phi) is 34.0. The summed E-state index contributed by atoms with van der Waals surface area (Å²) in [6, 6.07) is 53.8. The minimum atomic E-state index is -0.163. The highest BCUT2D eigenvalue weighted by Gasteiger charge is 2.27. The monoisotopic (exact) mass is 1630 g/mol. The van der Waals surface area contributed by atoms with Crippen LogP contribution in [-0.4, -0.2) is 116 Å². The Bertz CT molecular complexity index is 5220. The smallest absolute Gasteiger partial charge is 0.204 e. The zero-order chi connectivity index (χ0) is 88.1. The molecule has 5 aliphatic rings. The Hall–Kier alpha value is -14.0. The molecule has 1 fully saturated rings. The number of carbonyl (C=O) groups excluding carboxylic acids is 4. The fourth-order valence-electron chi connectivity index (χ4n) is 13.2. The summed E-state index contributed by atoms with van der Waals surface area (Å²) >= 11 is 0. The van der Waals surface area contributed by atoms with Gasteiger partial charge in [0.2, 0.25) is 17.3 Å². The van der Waals surface area contributed by atoms with E-state index in [9.17, 15) is 19.2 Å². The van der Waals surface area contributed by atoms with Crippen LogP contribution in [0.1, 0.15) is 97.1 Å². The van der Waals surface area contributed by atoms with Gasteiger partial charge in [-0.25, -0.2) is 20.0 Å². The quantitative estimate of drug-likeness (QED) is 0.0235. The van der Waals surface area contributed by atoms with Crippen LogP contribution in [0, 0.1) is 27.7 Å². The van der Waals surface area contributed by atoms with E-state index in [1.807, 2.05) is 177 Å². The molecule has 121 heavy (non-hydrogen) atoms. The van der Waals surface area contributed by atoms with Gasteiger partial charge in [-0.1, -0.05) is 39.8 Å². The molecule has 13 rings (SSSR count). The van der Waals surface area contributed by atoms with Gasteiger partial charge in [0, 0.05) is 151 Å². The van der Waals surface area contributed by atoms with Crippen molar-refractivity contribution in [1.29, 1.82) is 0 Å².